The van der Waals surface area contributed by atoms with Crippen LogP contribution in [0, 0.1) is 0 Å². The minimum atomic E-state index is 0.159. The molecule has 120 valence electrons. The third-order valence-electron chi connectivity index (χ3n) is 4.17. The molecule has 1 aromatic heterocycles. The Kier molecular flexibility index (Phi) is 4.94. The van der Waals surface area contributed by atoms with E-state index in [2.05, 4.69) is 11.1 Å². The van der Waals surface area contributed by atoms with E-state index in [4.69, 9.17) is 11.6 Å². The summed E-state index contributed by atoms with van der Waals surface area (Å²) in [6, 6.07) is 9.87. The number of pyridine rings is 1. The molecule has 0 bridgehead atoms. The van der Waals surface area contributed by atoms with E-state index in [1.54, 1.807) is 12.4 Å². The normalized spacial score (nSPS) is 14.0. The topological polar surface area (TPSA) is 36.4 Å². The summed E-state index contributed by atoms with van der Waals surface area (Å²) < 4.78 is 0. The predicted octanol–water partition coefficient (Wildman–Crippen LogP) is 2.75. The van der Waals surface area contributed by atoms with Crippen molar-refractivity contribution < 1.29 is 4.79 Å². The van der Waals surface area contributed by atoms with E-state index < -0.39 is 0 Å². The lowest BCUT2D eigenvalue weighted by Gasteiger charge is -2.30. The molecule has 0 N–H and O–H groups in total. The van der Waals surface area contributed by atoms with Crippen molar-refractivity contribution in [3.63, 3.8) is 0 Å². The standard InChI is InChI=1S/C18H20ClN3O/c1-21(11-14-5-8-20-9-6-14)13-18(23)22-10-7-16-15(12-22)3-2-4-17(16)19/h2-6,8-9H,7,10-13H2,1H3. The molecule has 0 saturated carbocycles. The first-order chi connectivity index (χ1) is 11.1. The van der Waals surface area contributed by atoms with Crippen molar-refractivity contribution >= 4 is 17.5 Å². The van der Waals surface area contributed by atoms with Crippen LogP contribution in [0.5, 0.6) is 0 Å². The zero-order valence-electron chi connectivity index (χ0n) is 13.2. The molecule has 0 fully saturated rings. The summed E-state index contributed by atoms with van der Waals surface area (Å²) in [5.74, 6) is 0.159. The number of nitrogens with zero attached hydrogens (tertiary/aromatic N) is 3. The molecule has 0 atom stereocenters. The summed E-state index contributed by atoms with van der Waals surface area (Å²) >= 11 is 6.23. The monoisotopic (exact) mass is 329 g/mol. The van der Waals surface area contributed by atoms with Gasteiger partial charge in [0, 0.05) is 37.1 Å². The lowest BCUT2D eigenvalue weighted by molar-refractivity contribution is -0.133. The van der Waals surface area contributed by atoms with Crippen LogP contribution in [0.2, 0.25) is 5.02 Å². The summed E-state index contributed by atoms with van der Waals surface area (Å²) in [5.41, 5.74) is 3.50. The highest BCUT2D eigenvalue weighted by Crippen LogP contribution is 2.25. The summed E-state index contributed by atoms with van der Waals surface area (Å²) in [7, 11) is 1.97. The van der Waals surface area contributed by atoms with Gasteiger partial charge in [0.25, 0.3) is 0 Å². The van der Waals surface area contributed by atoms with Crippen LogP contribution >= 0.6 is 11.6 Å². The number of amides is 1. The van der Waals surface area contributed by atoms with Gasteiger partial charge in [-0.25, -0.2) is 0 Å². The van der Waals surface area contributed by atoms with Crippen LogP contribution in [0.25, 0.3) is 0 Å². The molecule has 4 nitrogen and oxygen atoms in total. The number of benzene rings is 1. The fourth-order valence-electron chi connectivity index (χ4n) is 2.96. The molecule has 0 aliphatic carbocycles. The van der Waals surface area contributed by atoms with Gasteiger partial charge < -0.3 is 4.90 Å². The van der Waals surface area contributed by atoms with Gasteiger partial charge in [-0.05, 0) is 48.4 Å². The Morgan fingerprint density at radius 2 is 2.09 bits per heavy atom. The van der Waals surface area contributed by atoms with E-state index >= 15 is 0 Å². The Bertz CT molecular complexity index is 690. The number of likely N-dealkylation sites (N-methyl/N-ethyl adjacent to an activating group) is 1. The first-order valence-corrected chi connectivity index (χ1v) is 8.13. The summed E-state index contributed by atoms with van der Waals surface area (Å²) in [6.07, 6.45) is 4.38. The molecule has 5 heteroatoms. The summed E-state index contributed by atoms with van der Waals surface area (Å²) in [5, 5.41) is 0.810. The average Bonchev–Trinajstić information content (AvgIpc) is 2.55. The van der Waals surface area contributed by atoms with Gasteiger partial charge in [-0.3, -0.25) is 14.7 Å². The highest BCUT2D eigenvalue weighted by molar-refractivity contribution is 6.31. The van der Waals surface area contributed by atoms with Gasteiger partial charge in [0.15, 0.2) is 0 Å². The highest BCUT2D eigenvalue weighted by atomic mass is 35.5. The maximum Gasteiger partial charge on any atom is 0.237 e. The van der Waals surface area contributed by atoms with E-state index in [0.29, 0.717) is 13.1 Å². The Morgan fingerprint density at radius 3 is 2.87 bits per heavy atom. The van der Waals surface area contributed by atoms with Crippen LogP contribution in [0.4, 0.5) is 0 Å². The van der Waals surface area contributed by atoms with Crippen LogP contribution < -0.4 is 0 Å². The van der Waals surface area contributed by atoms with Gasteiger partial charge in [-0.1, -0.05) is 23.7 Å². The molecule has 2 heterocycles. The third kappa shape index (κ3) is 3.89. The zero-order valence-corrected chi connectivity index (χ0v) is 14.0. The summed E-state index contributed by atoms with van der Waals surface area (Å²) in [4.78, 5) is 20.5. The predicted molar refractivity (Wildman–Crippen MR) is 91.1 cm³/mol. The van der Waals surface area contributed by atoms with Crippen molar-refractivity contribution in [1.29, 1.82) is 0 Å². The minimum Gasteiger partial charge on any atom is -0.337 e. The lowest BCUT2D eigenvalue weighted by Crippen LogP contribution is -2.41. The number of halogens is 1. The van der Waals surface area contributed by atoms with Gasteiger partial charge in [0.2, 0.25) is 5.91 Å². The Labute approximate surface area is 141 Å². The van der Waals surface area contributed by atoms with E-state index in [-0.39, 0.29) is 5.91 Å². The lowest BCUT2D eigenvalue weighted by atomic mass is 10.00. The minimum absolute atomic E-state index is 0.159. The number of hydrogen-bond acceptors (Lipinski definition) is 3. The number of carbonyl (C=O) groups is 1. The molecule has 23 heavy (non-hydrogen) atoms. The SMILES string of the molecule is CN(CC(=O)N1CCc2c(Cl)cccc2C1)Cc1ccncc1. The molecule has 2 aromatic rings. The average molecular weight is 330 g/mol. The van der Waals surface area contributed by atoms with Gasteiger partial charge >= 0.3 is 0 Å². The Hall–Kier alpha value is -1.91. The first kappa shape index (κ1) is 16.0. The fourth-order valence-corrected chi connectivity index (χ4v) is 3.25. The van der Waals surface area contributed by atoms with E-state index in [9.17, 15) is 4.79 Å². The maximum absolute atomic E-state index is 12.5. The highest BCUT2D eigenvalue weighted by Gasteiger charge is 2.22. The maximum atomic E-state index is 12.5. The quantitative estimate of drug-likeness (QED) is 0.865. The van der Waals surface area contributed by atoms with E-state index in [1.165, 1.54) is 5.56 Å². The van der Waals surface area contributed by atoms with Gasteiger partial charge in [0.05, 0.1) is 6.54 Å². The molecular weight excluding hydrogens is 310 g/mol. The number of fused-ring (bicyclic) bond motifs is 1. The van der Waals surface area contributed by atoms with Crippen molar-refractivity contribution in [3.05, 3.63) is 64.4 Å². The Morgan fingerprint density at radius 1 is 1.30 bits per heavy atom. The van der Waals surface area contributed by atoms with E-state index in [0.717, 1.165) is 35.7 Å². The van der Waals surface area contributed by atoms with Crippen LogP contribution in [0.1, 0.15) is 16.7 Å². The molecule has 0 saturated heterocycles. The second kappa shape index (κ2) is 7.11. The smallest absolute Gasteiger partial charge is 0.237 e. The van der Waals surface area contributed by atoms with Crippen LogP contribution in [-0.2, 0) is 24.3 Å². The second-order valence-corrected chi connectivity index (χ2v) is 6.38. The molecule has 3 rings (SSSR count). The van der Waals surface area contributed by atoms with Crippen LogP contribution in [0.15, 0.2) is 42.7 Å². The van der Waals surface area contributed by atoms with Crippen LogP contribution in [0.3, 0.4) is 0 Å². The Balaban J connectivity index is 1.59. The largest absolute Gasteiger partial charge is 0.337 e. The number of aromatic nitrogens is 1. The summed E-state index contributed by atoms with van der Waals surface area (Å²) in [6.45, 7) is 2.54. The number of carbonyl (C=O) groups excluding carboxylic acids is 1. The van der Waals surface area contributed by atoms with Gasteiger partial charge in [-0.15, -0.1) is 0 Å². The first-order valence-electron chi connectivity index (χ1n) is 7.75. The second-order valence-electron chi connectivity index (χ2n) is 5.97. The van der Waals surface area contributed by atoms with E-state index in [1.807, 2.05) is 41.1 Å². The fraction of sp³-hybridized carbons (Fsp3) is 0.333. The third-order valence-corrected chi connectivity index (χ3v) is 4.52. The van der Waals surface area contributed by atoms with Crippen molar-refractivity contribution in [2.75, 3.05) is 20.1 Å². The molecular formula is C18H20ClN3O. The molecule has 1 aliphatic heterocycles. The molecule has 0 spiro atoms. The van der Waals surface area contributed by atoms with Crippen molar-refractivity contribution in [2.24, 2.45) is 0 Å². The van der Waals surface area contributed by atoms with Crippen molar-refractivity contribution in [2.45, 2.75) is 19.5 Å². The van der Waals surface area contributed by atoms with Crippen molar-refractivity contribution in [1.82, 2.24) is 14.8 Å². The zero-order chi connectivity index (χ0) is 16.2. The molecule has 1 aromatic carbocycles. The van der Waals surface area contributed by atoms with Crippen LogP contribution in [-0.4, -0.2) is 40.8 Å². The van der Waals surface area contributed by atoms with Gasteiger partial charge in [-0.2, -0.15) is 0 Å². The molecule has 0 radical (unpaired) electrons. The number of hydrogen-bond donors (Lipinski definition) is 0. The van der Waals surface area contributed by atoms with Gasteiger partial charge in [0.1, 0.15) is 0 Å². The molecule has 0 unspecified atom stereocenters. The molecule has 1 amide bonds. The molecule has 1 aliphatic rings. The number of rotatable bonds is 4. The van der Waals surface area contributed by atoms with Crippen molar-refractivity contribution in [3.8, 4) is 0 Å².